The van der Waals surface area contributed by atoms with E-state index in [4.69, 9.17) is 22.8 Å². The van der Waals surface area contributed by atoms with Gasteiger partial charge in [0, 0.05) is 18.5 Å². The molecule has 2 aliphatic heterocycles. The quantitative estimate of drug-likeness (QED) is 0.0894. The zero-order chi connectivity index (χ0) is 37.0. The van der Waals surface area contributed by atoms with Gasteiger partial charge in [-0.05, 0) is 26.4 Å². The lowest BCUT2D eigenvalue weighted by molar-refractivity contribution is -0.116. The molecule has 0 spiro atoms. The minimum Gasteiger partial charge on any atom is -0.385 e. The summed E-state index contributed by atoms with van der Waals surface area (Å²) < 4.78 is 89.7. The number of aliphatic hydroxyl groups excluding tert-OH is 1. The number of hydrogen-bond acceptors (Lipinski definition) is 15. The molecule has 25 heteroatoms. The molecule has 52 heavy (non-hydrogen) atoms. The van der Waals surface area contributed by atoms with Crippen LogP contribution in [0.4, 0.5) is 14.6 Å². The topological polar surface area (TPSA) is 236 Å². The maximum atomic E-state index is 16.5. The van der Waals surface area contributed by atoms with Crippen molar-refractivity contribution in [1.29, 1.82) is 0 Å². The first kappa shape index (κ1) is 37.5. The second-order valence-electron chi connectivity index (χ2n) is 12.4. The van der Waals surface area contributed by atoms with Gasteiger partial charge in [-0.1, -0.05) is 24.5 Å². The number of aromatic nitrogens is 7. The lowest BCUT2D eigenvalue weighted by atomic mass is 10.1. The Morgan fingerprint density at radius 3 is 2.75 bits per heavy atom. The standard InChI is InChI=1S/C27H33F2N9O10P2S2/c1-30-4-2-3-17(39)36-23-20-25(33-10-31-23)37(12-35-20)15-5-13-7-45-50(43,52)48-27(38-6-14(28)18-24(38)32-11-34-26(18)41)9-44-16(22(27)40)8-46-49(42,51)47-21(13)19(15)29/h6,10-13,15-16,19,21-22,30,40H,2-5,7-9H2,1H3,(H,42,51)(H,43,52)(H,32,34,41)(H,31,33,36,39)/t13?,15-,16-,19+,21-,22-,27-,49-,50-/m1/s1. The average molecular weight is 808 g/mol. The van der Waals surface area contributed by atoms with E-state index in [0.29, 0.717) is 13.0 Å². The van der Waals surface area contributed by atoms with Gasteiger partial charge in [0.15, 0.2) is 28.4 Å². The summed E-state index contributed by atoms with van der Waals surface area (Å²) >= 11 is 8.19. The fourth-order valence-corrected chi connectivity index (χ4v) is 9.91. The first-order valence-electron chi connectivity index (χ1n) is 15.9. The summed E-state index contributed by atoms with van der Waals surface area (Å²) in [5, 5.41) is 16.7. The number of rotatable bonds is 7. The molecule has 2 saturated heterocycles. The van der Waals surface area contributed by atoms with E-state index in [9.17, 15) is 23.8 Å². The summed E-state index contributed by atoms with van der Waals surface area (Å²) in [7, 11) is 1.77. The Bertz CT molecular complexity index is 2160. The number of nitrogens with zero attached hydrogens (tertiary/aromatic N) is 6. The van der Waals surface area contributed by atoms with Crippen LogP contribution in [0.15, 0.2) is 30.0 Å². The van der Waals surface area contributed by atoms with Crippen molar-refractivity contribution in [1.82, 2.24) is 39.4 Å². The van der Waals surface area contributed by atoms with Crippen LogP contribution < -0.4 is 16.2 Å². The van der Waals surface area contributed by atoms with Crippen molar-refractivity contribution in [3.8, 4) is 0 Å². The number of thiol groups is 2. The minimum atomic E-state index is -4.59. The van der Waals surface area contributed by atoms with Gasteiger partial charge in [0.1, 0.15) is 36.2 Å². The molecule has 1 unspecified atom stereocenters. The fourth-order valence-electron chi connectivity index (χ4n) is 6.69. The summed E-state index contributed by atoms with van der Waals surface area (Å²) in [6.45, 7) is -10.2. The molecule has 1 aliphatic carbocycles. The van der Waals surface area contributed by atoms with Gasteiger partial charge in [0.05, 0.1) is 38.5 Å². The summed E-state index contributed by atoms with van der Waals surface area (Å²) in [6, 6.07) is -1.06. The molecule has 1 saturated carbocycles. The molecule has 282 valence electrons. The smallest absolute Gasteiger partial charge is 0.385 e. The molecular weight excluding hydrogens is 774 g/mol. The number of halogens is 2. The zero-order valence-corrected chi connectivity index (χ0v) is 30.7. The predicted octanol–water partition coefficient (Wildman–Crippen LogP) is 2.48. The van der Waals surface area contributed by atoms with Crippen LogP contribution in [0.2, 0.25) is 0 Å². The Morgan fingerprint density at radius 2 is 1.96 bits per heavy atom. The van der Waals surface area contributed by atoms with E-state index in [-0.39, 0.29) is 41.4 Å². The number of fused-ring (bicyclic) bond motifs is 5. The van der Waals surface area contributed by atoms with Crippen LogP contribution in [0.25, 0.3) is 22.2 Å². The van der Waals surface area contributed by atoms with Gasteiger partial charge < -0.3 is 34.6 Å². The number of imidazole rings is 1. The van der Waals surface area contributed by atoms with E-state index >= 15 is 8.78 Å². The SMILES string of the molecule is CNCCCC(=O)Nc1ncnc2c1ncn2[C@@H]1CC2CO[P@@](=O)(S)O[C@]3(n4cc(F)c5c(=O)[nH]cnc54)CO[C@H](CO[P@@](=O)(S)O[C@H]2[C@H]1F)[C@H]3O. The first-order valence-corrected chi connectivity index (χ1v) is 21.3. The number of nitrogens with one attached hydrogen (secondary N) is 3. The van der Waals surface area contributed by atoms with Gasteiger partial charge in [0.2, 0.25) is 11.6 Å². The summed E-state index contributed by atoms with van der Waals surface area (Å²) in [5.74, 6) is -2.20. The summed E-state index contributed by atoms with van der Waals surface area (Å²) in [4.78, 5) is 43.9. The molecule has 19 nitrogen and oxygen atoms in total. The average Bonchev–Trinajstić information content (AvgIpc) is 3.83. The number of aliphatic hydroxyl groups is 1. The van der Waals surface area contributed by atoms with E-state index in [1.165, 1.54) is 17.2 Å². The highest BCUT2D eigenvalue weighted by Gasteiger charge is 2.58. The molecule has 4 aromatic rings. The van der Waals surface area contributed by atoms with E-state index < -0.39 is 92.3 Å². The molecule has 9 atom stereocenters. The third-order valence-electron chi connectivity index (χ3n) is 9.15. The predicted molar refractivity (Wildman–Crippen MR) is 184 cm³/mol. The number of aromatic amines is 1. The Balaban J connectivity index is 1.19. The number of hydrogen-bond donors (Lipinski definition) is 6. The van der Waals surface area contributed by atoms with Crippen LogP contribution >= 0.6 is 38.1 Å². The Labute approximate surface area is 302 Å². The lowest BCUT2D eigenvalue weighted by Crippen LogP contribution is -2.48. The molecule has 3 fully saturated rings. The van der Waals surface area contributed by atoms with Crippen molar-refractivity contribution < 1.29 is 50.6 Å². The third kappa shape index (κ3) is 6.97. The number of alkyl halides is 1. The third-order valence-corrected chi connectivity index (χ3v) is 12.4. The second-order valence-corrected chi connectivity index (χ2v) is 18.1. The van der Waals surface area contributed by atoms with E-state index in [0.717, 1.165) is 17.1 Å². The van der Waals surface area contributed by atoms with Crippen molar-refractivity contribution in [2.24, 2.45) is 5.92 Å². The number of anilines is 1. The van der Waals surface area contributed by atoms with Gasteiger partial charge in [-0.2, -0.15) is 0 Å². The Hall–Kier alpha value is -2.82. The van der Waals surface area contributed by atoms with Crippen LogP contribution in [-0.2, 0) is 42.5 Å². The summed E-state index contributed by atoms with van der Waals surface area (Å²) in [6.07, 6.45) is -1.63. The lowest BCUT2D eigenvalue weighted by Gasteiger charge is -2.35. The molecule has 0 aromatic carbocycles. The number of amides is 1. The molecule has 1 amide bonds. The monoisotopic (exact) mass is 807 g/mol. The van der Waals surface area contributed by atoms with E-state index in [1.807, 2.05) is 0 Å². The fraction of sp³-hybridized carbons (Fsp3) is 0.556. The molecule has 4 N–H and O–H groups in total. The van der Waals surface area contributed by atoms with Gasteiger partial charge in [-0.15, -0.1) is 0 Å². The molecule has 6 heterocycles. The molecule has 2 bridgehead atoms. The largest absolute Gasteiger partial charge is 0.388 e. The maximum absolute atomic E-state index is 16.5. The highest BCUT2D eigenvalue weighted by Crippen LogP contribution is 2.62. The number of H-pyrrole nitrogens is 1. The summed E-state index contributed by atoms with van der Waals surface area (Å²) in [5.41, 5.74) is -3.02. The van der Waals surface area contributed by atoms with Gasteiger partial charge in [-0.3, -0.25) is 27.7 Å². The number of carbonyl (C=O) groups is 1. The van der Waals surface area contributed by atoms with Crippen molar-refractivity contribution in [3.05, 3.63) is 41.3 Å². The van der Waals surface area contributed by atoms with Crippen molar-refractivity contribution in [2.45, 2.75) is 55.5 Å². The van der Waals surface area contributed by atoms with Crippen molar-refractivity contribution >= 4 is 72.0 Å². The highest BCUT2D eigenvalue weighted by molar-refractivity contribution is 8.44. The minimum absolute atomic E-state index is 0.0752. The van der Waals surface area contributed by atoms with Gasteiger partial charge in [-0.25, -0.2) is 37.8 Å². The van der Waals surface area contributed by atoms with E-state index in [1.54, 1.807) is 7.05 Å². The molecular formula is C27H33F2N9O10P2S2. The normalized spacial score (nSPS) is 34.1. The number of ether oxygens (including phenoxy) is 1. The number of carbonyl (C=O) groups excluding carboxylic acids is 1. The Kier molecular flexibility index (Phi) is 10.4. The van der Waals surface area contributed by atoms with Gasteiger partial charge in [0.25, 0.3) is 5.56 Å². The molecule has 3 aliphatic rings. The first-order chi connectivity index (χ1) is 24.7. The molecule has 0 radical (unpaired) electrons. The molecule has 4 aromatic heterocycles. The highest BCUT2D eigenvalue weighted by atomic mass is 32.7. The Morgan fingerprint density at radius 1 is 1.17 bits per heavy atom. The van der Waals surface area contributed by atoms with Crippen molar-refractivity contribution in [2.75, 3.05) is 38.7 Å². The second kappa shape index (κ2) is 14.4. The van der Waals surface area contributed by atoms with Crippen molar-refractivity contribution in [3.63, 3.8) is 0 Å². The zero-order valence-electron chi connectivity index (χ0n) is 27.1. The van der Waals surface area contributed by atoms with Gasteiger partial charge >= 0.3 is 13.6 Å². The van der Waals surface area contributed by atoms with Crippen LogP contribution in [0.3, 0.4) is 0 Å². The van der Waals surface area contributed by atoms with E-state index in [2.05, 4.69) is 60.1 Å². The van der Waals surface area contributed by atoms with Crippen LogP contribution in [0.5, 0.6) is 0 Å². The maximum Gasteiger partial charge on any atom is 0.388 e. The van der Waals surface area contributed by atoms with Crippen LogP contribution in [-0.4, -0.2) is 103 Å². The van der Waals surface area contributed by atoms with Crippen LogP contribution in [0, 0.1) is 11.7 Å². The van der Waals surface area contributed by atoms with Crippen LogP contribution in [0.1, 0.15) is 25.3 Å². The molecule has 7 rings (SSSR count).